The number of nitrogens with zero attached hydrogens (tertiary/aromatic N) is 1. The van der Waals surface area contributed by atoms with Gasteiger partial charge in [0, 0.05) is 11.5 Å². The van der Waals surface area contributed by atoms with Crippen molar-refractivity contribution in [3.05, 3.63) is 46.8 Å². The lowest BCUT2D eigenvalue weighted by atomic mass is 9.93. The minimum absolute atomic E-state index is 0.0255. The lowest BCUT2D eigenvalue weighted by molar-refractivity contribution is 0.280. The Kier molecular flexibility index (Phi) is 4.21. The Morgan fingerprint density at radius 1 is 1.14 bits per heavy atom. The van der Waals surface area contributed by atoms with Gasteiger partial charge in [-0.3, -0.25) is 0 Å². The lowest BCUT2D eigenvalue weighted by Gasteiger charge is -2.12. The Hall–Kier alpha value is -1.81. The molecule has 1 aromatic heterocycles. The second-order valence-electron chi connectivity index (χ2n) is 6.90. The Bertz CT molecular complexity index is 641. The summed E-state index contributed by atoms with van der Waals surface area (Å²) in [6.07, 6.45) is 2.15. The molecule has 4 nitrogen and oxygen atoms in total. The number of hydrogen-bond acceptors (Lipinski definition) is 4. The monoisotopic (exact) mass is 300 g/mol. The van der Waals surface area contributed by atoms with E-state index < -0.39 is 0 Å². The van der Waals surface area contributed by atoms with Gasteiger partial charge in [-0.1, -0.05) is 32.0 Å². The molecule has 0 fully saturated rings. The van der Waals surface area contributed by atoms with Crippen LogP contribution in [0.3, 0.4) is 0 Å². The van der Waals surface area contributed by atoms with Crippen molar-refractivity contribution in [1.29, 1.82) is 0 Å². The van der Waals surface area contributed by atoms with Crippen molar-refractivity contribution in [3.63, 3.8) is 0 Å². The molecule has 0 bridgehead atoms. The van der Waals surface area contributed by atoms with E-state index in [0.29, 0.717) is 6.61 Å². The van der Waals surface area contributed by atoms with E-state index in [2.05, 4.69) is 49.4 Å². The number of hydrogen-bond donors (Lipinski definition) is 1. The van der Waals surface area contributed by atoms with Crippen molar-refractivity contribution < 1.29 is 9.26 Å². The zero-order chi connectivity index (χ0) is 15.6. The molecule has 1 aliphatic heterocycles. The fourth-order valence-electron chi connectivity index (χ4n) is 2.63. The number of rotatable bonds is 3. The van der Waals surface area contributed by atoms with Crippen LogP contribution in [0.5, 0.6) is 5.75 Å². The second-order valence-corrected chi connectivity index (χ2v) is 6.90. The van der Waals surface area contributed by atoms with Gasteiger partial charge < -0.3 is 14.6 Å². The predicted molar refractivity (Wildman–Crippen MR) is 86.3 cm³/mol. The van der Waals surface area contributed by atoms with Gasteiger partial charge in [0.1, 0.15) is 23.8 Å². The van der Waals surface area contributed by atoms with Gasteiger partial charge in [-0.05, 0) is 49.2 Å². The Labute approximate surface area is 131 Å². The van der Waals surface area contributed by atoms with Gasteiger partial charge in [-0.15, -0.1) is 0 Å². The fourth-order valence-corrected chi connectivity index (χ4v) is 2.63. The highest BCUT2D eigenvalue weighted by molar-refractivity contribution is 5.37. The van der Waals surface area contributed by atoms with Crippen molar-refractivity contribution >= 4 is 0 Å². The average Bonchev–Trinajstić information content (AvgIpc) is 2.84. The van der Waals surface area contributed by atoms with Gasteiger partial charge in [0.25, 0.3) is 0 Å². The molecule has 2 heterocycles. The molecular weight excluding hydrogens is 276 g/mol. The van der Waals surface area contributed by atoms with Crippen LogP contribution < -0.4 is 10.1 Å². The Morgan fingerprint density at radius 3 is 2.64 bits per heavy atom. The summed E-state index contributed by atoms with van der Waals surface area (Å²) in [5, 5.41) is 7.52. The van der Waals surface area contributed by atoms with Crippen molar-refractivity contribution in [2.24, 2.45) is 0 Å². The number of benzene rings is 1. The van der Waals surface area contributed by atoms with E-state index in [4.69, 9.17) is 9.26 Å². The summed E-state index contributed by atoms with van der Waals surface area (Å²) >= 11 is 0. The lowest BCUT2D eigenvalue weighted by Crippen LogP contribution is -2.16. The molecule has 1 aromatic carbocycles. The first-order valence-electron chi connectivity index (χ1n) is 7.94. The topological polar surface area (TPSA) is 47.3 Å². The van der Waals surface area contributed by atoms with Crippen molar-refractivity contribution in [1.82, 2.24) is 10.5 Å². The quantitative estimate of drug-likeness (QED) is 0.945. The maximum atomic E-state index is 5.88. The van der Waals surface area contributed by atoms with Crippen molar-refractivity contribution in [3.8, 4) is 5.75 Å². The molecule has 118 valence electrons. The molecular formula is C18H24N2O2. The van der Waals surface area contributed by atoms with E-state index in [1.807, 2.05) is 6.07 Å². The summed E-state index contributed by atoms with van der Waals surface area (Å²) in [6, 6.07) is 8.37. The van der Waals surface area contributed by atoms with Crippen LogP contribution in [-0.2, 0) is 24.9 Å². The Balaban J connectivity index is 1.66. The summed E-state index contributed by atoms with van der Waals surface area (Å²) in [5.74, 6) is 1.79. The normalized spacial score (nSPS) is 15.2. The predicted octanol–water partition coefficient (Wildman–Crippen LogP) is 3.24. The third kappa shape index (κ3) is 3.50. The largest absolute Gasteiger partial charge is 0.487 e. The molecule has 0 aliphatic carbocycles. The van der Waals surface area contributed by atoms with Gasteiger partial charge >= 0.3 is 0 Å². The van der Waals surface area contributed by atoms with Crippen LogP contribution in [0.2, 0.25) is 0 Å². The van der Waals surface area contributed by atoms with Gasteiger partial charge in [0.05, 0.1) is 0 Å². The zero-order valence-electron chi connectivity index (χ0n) is 13.6. The number of fused-ring (bicyclic) bond motifs is 1. The van der Waals surface area contributed by atoms with Crippen LogP contribution in [0.1, 0.15) is 43.4 Å². The smallest absolute Gasteiger partial charge is 0.142 e. The minimum Gasteiger partial charge on any atom is -0.487 e. The number of nitrogens with one attached hydrogen (secondary N) is 1. The summed E-state index contributed by atoms with van der Waals surface area (Å²) in [6.45, 7) is 8.86. The molecule has 2 aromatic rings. The number of ether oxygens (including phenoxy) is 1. The highest BCUT2D eigenvalue weighted by atomic mass is 16.5. The Morgan fingerprint density at radius 2 is 1.91 bits per heavy atom. The third-order valence-corrected chi connectivity index (χ3v) is 4.00. The van der Waals surface area contributed by atoms with E-state index in [1.54, 1.807) is 0 Å². The van der Waals surface area contributed by atoms with Crippen LogP contribution in [0, 0.1) is 0 Å². The number of aromatic nitrogens is 1. The molecule has 0 radical (unpaired) electrons. The van der Waals surface area contributed by atoms with E-state index in [1.165, 1.54) is 11.1 Å². The van der Waals surface area contributed by atoms with Gasteiger partial charge in [0.15, 0.2) is 0 Å². The van der Waals surface area contributed by atoms with Crippen LogP contribution in [-0.4, -0.2) is 18.2 Å². The first-order chi connectivity index (χ1) is 10.5. The van der Waals surface area contributed by atoms with E-state index in [0.717, 1.165) is 43.1 Å². The molecule has 1 N–H and O–H groups in total. The van der Waals surface area contributed by atoms with Gasteiger partial charge in [-0.25, -0.2) is 0 Å². The summed E-state index contributed by atoms with van der Waals surface area (Å²) in [7, 11) is 0. The molecule has 0 saturated heterocycles. The van der Waals surface area contributed by atoms with E-state index >= 15 is 0 Å². The summed E-state index contributed by atoms with van der Waals surface area (Å²) in [4.78, 5) is 0. The standard InChI is InChI=1S/C18H24N2O2/c1-18(2,3)17-11-15(20-22-17)12-21-16-5-4-13-6-8-19-9-7-14(13)10-16/h4-5,10-11,19H,6-9,12H2,1-3H3. The zero-order valence-corrected chi connectivity index (χ0v) is 13.6. The third-order valence-electron chi connectivity index (χ3n) is 4.00. The molecule has 1 aliphatic rings. The van der Waals surface area contributed by atoms with Gasteiger partial charge in [-0.2, -0.15) is 0 Å². The second kappa shape index (κ2) is 6.13. The molecule has 0 amide bonds. The SMILES string of the molecule is CC(C)(C)c1cc(COc2ccc3c(c2)CCNCC3)no1. The molecule has 4 heteroatoms. The average molecular weight is 300 g/mol. The molecule has 22 heavy (non-hydrogen) atoms. The highest BCUT2D eigenvalue weighted by Gasteiger charge is 2.19. The van der Waals surface area contributed by atoms with Crippen molar-refractivity contribution in [2.75, 3.05) is 13.1 Å². The van der Waals surface area contributed by atoms with Crippen LogP contribution >= 0.6 is 0 Å². The summed E-state index contributed by atoms with van der Waals surface area (Å²) in [5.41, 5.74) is 3.62. The fraction of sp³-hybridized carbons (Fsp3) is 0.500. The van der Waals surface area contributed by atoms with Crippen LogP contribution in [0.4, 0.5) is 0 Å². The van der Waals surface area contributed by atoms with Gasteiger partial charge in [0.2, 0.25) is 0 Å². The molecule has 0 spiro atoms. The molecule has 0 saturated carbocycles. The van der Waals surface area contributed by atoms with E-state index in [9.17, 15) is 0 Å². The highest BCUT2D eigenvalue weighted by Crippen LogP contribution is 2.24. The van der Waals surface area contributed by atoms with Crippen LogP contribution in [0.15, 0.2) is 28.8 Å². The first-order valence-corrected chi connectivity index (χ1v) is 7.94. The minimum atomic E-state index is -0.0255. The molecule has 0 unspecified atom stereocenters. The maximum absolute atomic E-state index is 5.88. The first kappa shape index (κ1) is 15.1. The maximum Gasteiger partial charge on any atom is 0.142 e. The summed E-state index contributed by atoms with van der Waals surface area (Å²) < 4.78 is 11.3. The molecule has 3 rings (SSSR count). The van der Waals surface area contributed by atoms with E-state index in [-0.39, 0.29) is 5.41 Å². The van der Waals surface area contributed by atoms with Crippen LogP contribution in [0.25, 0.3) is 0 Å². The molecule has 0 atom stereocenters. The van der Waals surface area contributed by atoms with Crippen molar-refractivity contribution in [2.45, 2.75) is 45.6 Å².